The summed E-state index contributed by atoms with van der Waals surface area (Å²) < 4.78 is 13.6. The molecule has 2 aromatic heterocycles. The highest BCUT2D eigenvalue weighted by Crippen LogP contribution is 2.33. The molecule has 1 aliphatic rings. The molecule has 1 N–H and O–H groups in total. The number of ether oxygens (including phenoxy) is 2. The van der Waals surface area contributed by atoms with Gasteiger partial charge < -0.3 is 19.4 Å². The number of rotatable bonds is 8. The normalized spacial score (nSPS) is 18.7. The Kier molecular flexibility index (Phi) is 6.10. The lowest BCUT2D eigenvalue weighted by molar-refractivity contribution is 0.319. The Morgan fingerprint density at radius 3 is 2.69 bits per heavy atom. The zero-order chi connectivity index (χ0) is 20.1. The number of pyridine rings is 1. The Bertz CT molecular complexity index is 923. The van der Waals surface area contributed by atoms with E-state index in [1.54, 1.807) is 0 Å². The molecule has 152 valence electrons. The molecule has 6 nitrogen and oxygen atoms in total. The largest absolute Gasteiger partial charge is 0.490 e. The third kappa shape index (κ3) is 4.77. The van der Waals surface area contributed by atoms with E-state index in [-0.39, 0.29) is 0 Å². The van der Waals surface area contributed by atoms with Crippen molar-refractivity contribution in [2.75, 3.05) is 6.61 Å². The molecule has 0 saturated heterocycles. The molecule has 1 fully saturated rings. The summed E-state index contributed by atoms with van der Waals surface area (Å²) >= 11 is 0. The lowest BCUT2D eigenvalue weighted by Crippen LogP contribution is -2.26. The van der Waals surface area contributed by atoms with E-state index in [2.05, 4.69) is 33.0 Å². The van der Waals surface area contributed by atoms with Crippen LogP contribution in [0.15, 0.2) is 55.0 Å². The van der Waals surface area contributed by atoms with E-state index in [4.69, 9.17) is 9.47 Å². The first kappa shape index (κ1) is 19.5. The highest BCUT2D eigenvalue weighted by atomic mass is 16.5. The highest BCUT2D eigenvalue weighted by molar-refractivity contribution is 5.41. The average molecular weight is 393 g/mol. The van der Waals surface area contributed by atoms with Crippen LogP contribution in [0.3, 0.4) is 0 Å². The number of aryl methyl sites for hydroxylation is 1. The predicted octanol–water partition coefficient (Wildman–Crippen LogP) is 4.43. The topological polar surface area (TPSA) is 61.2 Å². The molecule has 0 amide bonds. The number of hydrogen-bond donors (Lipinski definition) is 1. The standard InChI is InChI=1S/C23H28N4O2/c1-3-28-20-6-4-5-7-21(20)29-22-11-8-17(16-26-22)15-25-19-10-9-18(14-19)23-24-12-13-27(23)2/h4-8,11-13,16,18-19,25H,3,9-10,14-15H2,1-2H3. The fourth-order valence-corrected chi connectivity index (χ4v) is 3.93. The molecule has 4 rings (SSSR count). The van der Waals surface area contributed by atoms with Crippen molar-refractivity contribution < 1.29 is 9.47 Å². The minimum absolute atomic E-state index is 0.519. The van der Waals surface area contributed by atoms with Crippen LogP contribution in [-0.2, 0) is 13.6 Å². The summed E-state index contributed by atoms with van der Waals surface area (Å²) in [5, 5.41) is 3.67. The molecule has 29 heavy (non-hydrogen) atoms. The molecule has 2 heterocycles. The fourth-order valence-electron chi connectivity index (χ4n) is 3.93. The van der Waals surface area contributed by atoms with Crippen LogP contribution in [-0.4, -0.2) is 27.2 Å². The number of imidazole rings is 1. The zero-order valence-corrected chi connectivity index (χ0v) is 17.0. The molecular weight excluding hydrogens is 364 g/mol. The van der Waals surface area contributed by atoms with Crippen LogP contribution in [0.25, 0.3) is 0 Å². The second-order valence-corrected chi connectivity index (χ2v) is 7.47. The maximum Gasteiger partial charge on any atom is 0.219 e. The SMILES string of the molecule is CCOc1ccccc1Oc1ccc(CNC2CCC(c3nccn3C)C2)cn1. The van der Waals surface area contributed by atoms with E-state index in [9.17, 15) is 0 Å². The van der Waals surface area contributed by atoms with Crippen LogP contribution in [0.2, 0.25) is 0 Å². The Labute approximate surface area is 171 Å². The summed E-state index contributed by atoms with van der Waals surface area (Å²) in [6.45, 7) is 3.36. The number of nitrogens with zero attached hydrogens (tertiary/aromatic N) is 3. The van der Waals surface area contributed by atoms with E-state index in [0.29, 0.717) is 30.2 Å². The maximum absolute atomic E-state index is 5.90. The highest BCUT2D eigenvalue weighted by Gasteiger charge is 2.27. The van der Waals surface area contributed by atoms with Crippen molar-refractivity contribution >= 4 is 0 Å². The Morgan fingerprint density at radius 1 is 1.10 bits per heavy atom. The summed E-state index contributed by atoms with van der Waals surface area (Å²) in [5.41, 5.74) is 1.15. The summed E-state index contributed by atoms with van der Waals surface area (Å²) in [4.78, 5) is 8.97. The van der Waals surface area contributed by atoms with Crippen molar-refractivity contribution in [2.45, 2.75) is 44.7 Å². The third-order valence-electron chi connectivity index (χ3n) is 5.41. The summed E-state index contributed by atoms with van der Waals surface area (Å²) in [5.74, 6) is 3.72. The Balaban J connectivity index is 1.30. The Morgan fingerprint density at radius 2 is 1.97 bits per heavy atom. The van der Waals surface area contributed by atoms with Gasteiger partial charge in [0, 0.05) is 50.2 Å². The Hall–Kier alpha value is -2.86. The molecule has 0 aliphatic heterocycles. The lowest BCUT2D eigenvalue weighted by Gasteiger charge is -2.14. The molecule has 3 aromatic rings. The van der Waals surface area contributed by atoms with Gasteiger partial charge in [0.05, 0.1) is 6.61 Å². The molecule has 0 bridgehead atoms. The van der Waals surface area contributed by atoms with Gasteiger partial charge in [-0.05, 0) is 43.9 Å². The van der Waals surface area contributed by atoms with Gasteiger partial charge >= 0.3 is 0 Å². The van der Waals surface area contributed by atoms with Crippen LogP contribution >= 0.6 is 0 Å². The fraction of sp³-hybridized carbons (Fsp3) is 0.391. The minimum atomic E-state index is 0.519. The molecule has 0 radical (unpaired) electrons. The average Bonchev–Trinajstić information content (AvgIpc) is 3.38. The number of benzene rings is 1. The lowest BCUT2D eigenvalue weighted by atomic mass is 10.1. The monoisotopic (exact) mass is 392 g/mol. The molecule has 0 spiro atoms. The second kappa shape index (κ2) is 9.09. The molecule has 1 saturated carbocycles. The number of hydrogen-bond acceptors (Lipinski definition) is 5. The summed E-state index contributed by atoms with van der Waals surface area (Å²) in [6.07, 6.45) is 9.29. The van der Waals surface area contributed by atoms with Crippen molar-refractivity contribution in [3.63, 3.8) is 0 Å². The third-order valence-corrected chi connectivity index (χ3v) is 5.41. The van der Waals surface area contributed by atoms with Crippen molar-refractivity contribution in [1.82, 2.24) is 19.9 Å². The number of nitrogens with one attached hydrogen (secondary N) is 1. The van der Waals surface area contributed by atoms with Crippen LogP contribution in [0, 0.1) is 0 Å². The smallest absolute Gasteiger partial charge is 0.219 e. The first-order valence-electron chi connectivity index (χ1n) is 10.3. The van der Waals surface area contributed by atoms with Crippen molar-refractivity contribution in [1.29, 1.82) is 0 Å². The minimum Gasteiger partial charge on any atom is -0.490 e. The van der Waals surface area contributed by atoms with Gasteiger partial charge in [-0.15, -0.1) is 0 Å². The molecule has 6 heteroatoms. The van der Waals surface area contributed by atoms with Gasteiger partial charge in [0.15, 0.2) is 11.5 Å². The van der Waals surface area contributed by atoms with Crippen LogP contribution < -0.4 is 14.8 Å². The first-order valence-corrected chi connectivity index (χ1v) is 10.3. The van der Waals surface area contributed by atoms with Gasteiger partial charge in [0.25, 0.3) is 0 Å². The quantitative estimate of drug-likeness (QED) is 0.614. The van der Waals surface area contributed by atoms with Gasteiger partial charge in [0.2, 0.25) is 5.88 Å². The van der Waals surface area contributed by atoms with Crippen molar-refractivity contribution in [2.24, 2.45) is 7.05 Å². The van der Waals surface area contributed by atoms with Crippen LogP contribution in [0.1, 0.15) is 43.5 Å². The van der Waals surface area contributed by atoms with E-state index >= 15 is 0 Å². The number of aromatic nitrogens is 3. The molecule has 1 aromatic carbocycles. The molecule has 2 atom stereocenters. The number of para-hydroxylation sites is 2. The van der Waals surface area contributed by atoms with Gasteiger partial charge in [-0.1, -0.05) is 18.2 Å². The second-order valence-electron chi connectivity index (χ2n) is 7.47. The molecule has 1 aliphatic carbocycles. The zero-order valence-electron chi connectivity index (χ0n) is 17.0. The molecular formula is C23H28N4O2. The first-order chi connectivity index (χ1) is 14.2. The van der Waals surface area contributed by atoms with Gasteiger partial charge in [0.1, 0.15) is 5.82 Å². The molecule has 2 unspecified atom stereocenters. The van der Waals surface area contributed by atoms with E-state index in [1.807, 2.05) is 55.8 Å². The summed E-state index contributed by atoms with van der Waals surface area (Å²) in [7, 11) is 2.07. The maximum atomic E-state index is 5.90. The van der Waals surface area contributed by atoms with E-state index in [0.717, 1.165) is 24.3 Å². The van der Waals surface area contributed by atoms with Gasteiger partial charge in [-0.2, -0.15) is 0 Å². The summed E-state index contributed by atoms with van der Waals surface area (Å²) in [6, 6.07) is 12.1. The van der Waals surface area contributed by atoms with E-state index in [1.165, 1.54) is 18.7 Å². The van der Waals surface area contributed by atoms with Crippen LogP contribution in [0.5, 0.6) is 17.4 Å². The van der Waals surface area contributed by atoms with Gasteiger partial charge in [-0.3, -0.25) is 0 Å². The van der Waals surface area contributed by atoms with E-state index < -0.39 is 0 Å². The van der Waals surface area contributed by atoms with Crippen LogP contribution in [0.4, 0.5) is 0 Å². The predicted molar refractivity (Wildman–Crippen MR) is 112 cm³/mol. The van der Waals surface area contributed by atoms with Crippen molar-refractivity contribution in [3.05, 3.63) is 66.4 Å². The van der Waals surface area contributed by atoms with Crippen molar-refractivity contribution in [3.8, 4) is 17.4 Å². The van der Waals surface area contributed by atoms with Gasteiger partial charge in [-0.25, -0.2) is 9.97 Å².